The van der Waals surface area contributed by atoms with E-state index >= 15 is 0 Å². The van der Waals surface area contributed by atoms with Crippen LogP contribution >= 0.6 is 0 Å². The summed E-state index contributed by atoms with van der Waals surface area (Å²) in [5, 5.41) is 0. The lowest BCUT2D eigenvalue weighted by Crippen LogP contribution is -2.05. The predicted octanol–water partition coefficient (Wildman–Crippen LogP) is 1.74. The van der Waals surface area contributed by atoms with Gasteiger partial charge >= 0.3 is 10.1 Å². The van der Waals surface area contributed by atoms with E-state index in [2.05, 4.69) is 9.97 Å². The number of fused-ring (bicyclic) bond motifs is 1. The molecule has 0 spiro atoms. The number of imidazole rings is 1. The van der Waals surface area contributed by atoms with Crippen LogP contribution in [0.25, 0.3) is 16.9 Å². The molecule has 0 saturated carbocycles. The molecule has 0 radical (unpaired) electrons. The van der Waals surface area contributed by atoms with Crippen molar-refractivity contribution in [3.05, 3.63) is 43.0 Å². The Morgan fingerprint density at radius 3 is 2.73 bits per heavy atom. The van der Waals surface area contributed by atoms with Crippen LogP contribution in [0.3, 0.4) is 0 Å². The minimum atomic E-state index is -3.58. The molecule has 114 valence electrons. The second-order valence-corrected chi connectivity index (χ2v) is 6.20. The maximum atomic E-state index is 11.2. The summed E-state index contributed by atoms with van der Waals surface area (Å²) < 4.78 is 34.3. The van der Waals surface area contributed by atoms with Gasteiger partial charge in [-0.15, -0.1) is 0 Å². The van der Waals surface area contributed by atoms with E-state index in [1.165, 1.54) is 13.2 Å². The highest BCUT2D eigenvalue weighted by Gasteiger charge is 2.13. The molecule has 0 N–H and O–H groups in total. The first-order valence-corrected chi connectivity index (χ1v) is 8.14. The standard InChI is InChI=1S/C14H13N3O4S/c1-20-13-7-10(21-22(2,18)19)3-4-11(13)12-8-17-9-15-6-5-14(17)16-12/h3-9H,1-2H3. The van der Waals surface area contributed by atoms with Gasteiger partial charge in [0.1, 0.15) is 23.5 Å². The summed E-state index contributed by atoms with van der Waals surface area (Å²) >= 11 is 0. The molecule has 2 heterocycles. The Labute approximate surface area is 127 Å². The molecule has 0 amide bonds. The molecule has 0 aliphatic rings. The van der Waals surface area contributed by atoms with Crippen LogP contribution < -0.4 is 8.92 Å². The Hall–Kier alpha value is -2.61. The summed E-state index contributed by atoms with van der Waals surface area (Å²) in [6, 6.07) is 6.56. The van der Waals surface area contributed by atoms with Crippen molar-refractivity contribution in [3.8, 4) is 22.8 Å². The van der Waals surface area contributed by atoms with Gasteiger partial charge in [-0.1, -0.05) is 0 Å². The van der Waals surface area contributed by atoms with Crippen molar-refractivity contribution in [1.29, 1.82) is 0 Å². The summed E-state index contributed by atoms with van der Waals surface area (Å²) in [6.45, 7) is 0. The highest BCUT2D eigenvalue weighted by molar-refractivity contribution is 7.86. The number of aromatic nitrogens is 3. The van der Waals surface area contributed by atoms with Crippen molar-refractivity contribution in [2.45, 2.75) is 0 Å². The molecule has 3 rings (SSSR count). The fourth-order valence-electron chi connectivity index (χ4n) is 2.08. The zero-order valence-electron chi connectivity index (χ0n) is 11.9. The minimum absolute atomic E-state index is 0.188. The summed E-state index contributed by atoms with van der Waals surface area (Å²) in [7, 11) is -2.08. The second-order valence-electron chi connectivity index (χ2n) is 4.62. The Morgan fingerprint density at radius 1 is 1.23 bits per heavy atom. The SMILES string of the molecule is COc1cc(OS(C)(=O)=O)ccc1-c1cn2cnccc2n1. The lowest BCUT2D eigenvalue weighted by molar-refractivity contribution is 0.413. The van der Waals surface area contributed by atoms with Crippen LogP contribution in [-0.2, 0) is 10.1 Å². The molecule has 0 unspecified atom stereocenters. The number of hydrogen-bond acceptors (Lipinski definition) is 6. The van der Waals surface area contributed by atoms with Gasteiger partial charge in [-0.3, -0.25) is 4.40 Å². The number of methoxy groups -OCH3 is 1. The number of hydrogen-bond donors (Lipinski definition) is 0. The smallest absolute Gasteiger partial charge is 0.306 e. The van der Waals surface area contributed by atoms with Gasteiger partial charge in [-0.25, -0.2) is 9.97 Å². The molecule has 2 aromatic heterocycles. The Bertz CT molecular complexity index is 901. The Balaban J connectivity index is 2.06. The molecule has 0 saturated heterocycles. The van der Waals surface area contributed by atoms with Gasteiger partial charge in [-0.05, 0) is 18.2 Å². The average Bonchev–Trinajstić information content (AvgIpc) is 2.89. The first-order chi connectivity index (χ1) is 10.5. The zero-order chi connectivity index (χ0) is 15.7. The van der Waals surface area contributed by atoms with Crippen molar-refractivity contribution in [1.82, 2.24) is 14.4 Å². The number of ether oxygens (including phenoxy) is 1. The Morgan fingerprint density at radius 2 is 2.05 bits per heavy atom. The molecule has 0 aliphatic heterocycles. The summed E-state index contributed by atoms with van der Waals surface area (Å²) in [6.07, 6.45) is 6.12. The molecule has 8 heteroatoms. The van der Waals surface area contributed by atoms with E-state index in [9.17, 15) is 8.42 Å². The Kier molecular flexibility index (Phi) is 3.45. The van der Waals surface area contributed by atoms with Crippen LogP contribution in [0.2, 0.25) is 0 Å². The first-order valence-electron chi connectivity index (χ1n) is 6.33. The van der Waals surface area contributed by atoms with E-state index in [0.29, 0.717) is 11.4 Å². The van der Waals surface area contributed by atoms with Crippen LogP contribution in [0.4, 0.5) is 0 Å². The van der Waals surface area contributed by atoms with Gasteiger partial charge in [0.2, 0.25) is 0 Å². The fourth-order valence-corrected chi connectivity index (χ4v) is 2.54. The molecule has 0 fully saturated rings. The third kappa shape index (κ3) is 2.86. The number of rotatable bonds is 4. The highest BCUT2D eigenvalue weighted by Crippen LogP contribution is 2.33. The molecular formula is C14H13N3O4S. The lowest BCUT2D eigenvalue weighted by atomic mass is 10.1. The molecule has 22 heavy (non-hydrogen) atoms. The average molecular weight is 319 g/mol. The van der Waals surface area contributed by atoms with Crippen LogP contribution in [0.15, 0.2) is 43.0 Å². The van der Waals surface area contributed by atoms with Gasteiger partial charge in [0, 0.05) is 24.0 Å². The van der Waals surface area contributed by atoms with E-state index in [4.69, 9.17) is 8.92 Å². The maximum Gasteiger partial charge on any atom is 0.306 e. The molecule has 7 nitrogen and oxygen atoms in total. The van der Waals surface area contributed by atoms with Crippen molar-refractivity contribution < 1.29 is 17.3 Å². The van der Waals surface area contributed by atoms with Crippen molar-refractivity contribution >= 4 is 15.8 Å². The van der Waals surface area contributed by atoms with E-state index < -0.39 is 10.1 Å². The third-order valence-electron chi connectivity index (χ3n) is 2.96. The summed E-state index contributed by atoms with van der Waals surface area (Å²) in [4.78, 5) is 8.50. The van der Waals surface area contributed by atoms with Crippen molar-refractivity contribution in [2.24, 2.45) is 0 Å². The predicted molar refractivity (Wildman–Crippen MR) is 80.4 cm³/mol. The number of benzene rings is 1. The van der Waals surface area contributed by atoms with Crippen LogP contribution in [0.1, 0.15) is 0 Å². The van der Waals surface area contributed by atoms with E-state index in [1.54, 1.807) is 35.1 Å². The van der Waals surface area contributed by atoms with Crippen molar-refractivity contribution in [3.63, 3.8) is 0 Å². The van der Waals surface area contributed by atoms with E-state index in [-0.39, 0.29) is 5.75 Å². The van der Waals surface area contributed by atoms with Gasteiger partial charge in [0.25, 0.3) is 0 Å². The molecule has 0 bridgehead atoms. The highest BCUT2D eigenvalue weighted by atomic mass is 32.2. The van der Waals surface area contributed by atoms with Gasteiger partial charge in [-0.2, -0.15) is 8.42 Å². The molecule has 0 atom stereocenters. The van der Waals surface area contributed by atoms with Gasteiger partial charge in [0.15, 0.2) is 0 Å². The maximum absolute atomic E-state index is 11.2. The normalized spacial score (nSPS) is 11.5. The summed E-state index contributed by atoms with van der Waals surface area (Å²) in [5.74, 6) is 0.658. The minimum Gasteiger partial charge on any atom is -0.496 e. The fraction of sp³-hybridized carbons (Fsp3) is 0.143. The second kappa shape index (κ2) is 5.30. The van der Waals surface area contributed by atoms with Gasteiger partial charge in [0.05, 0.1) is 19.1 Å². The lowest BCUT2D eigenvalue weighted by Gasteiger charge is -2.09. The quantitative estimate of drug-likeness (QED) is 0.681. The van der Waals surface area contributed by atoms with Crippen LogP contribution in [0.5, 0.6) is 11.5 Å². The largest absolute Gasteiger partial charge is 0.496 e. The van der Waals surface area contributed by atoms with Gasteiger partial charge < -0.3 is 8.92 Å². The molecular weight excluding hydrogens is 306 g/mol. The molecule has 0 aliphatic carbocycles. The summed E-state index contributed by atoms with van der Waals surface area (Å²) in [5.41, 5.74) is 2.17. The van der Waals surface area contributed by atoms with Crippen LogP contribution in [0, 0.1) is 0 Å². The number of nitrogens with zero attached hydrogens (tertiary/aromatic N) is 3. The first kappa shape index (κ1) is 14.3. The van der Waals surface area contributed by atoms with E-state index in [1.807, 2.05) is 6.20 Å². The van der Waals surface area contributed by atoms with Crippen LogP contribution in [-0.4, -0.2) is 36.2 Å². The molecule has 1 aromatic carbocycles. The van der Waals surface area contributed by atoms with E-state index in [0.717, 1.165) is 17.5 Å². The zero-order valence-corrected chi connectivity index (χ0v) is 12.7. The molecule has 3 aromatic rings. The monoisotopic (exact) mass is 319 g/mol. The van der Waals surface area contributed by atoms with Crippen molar-refractivity contribution in [2.75, 3.05) is 13.4 Å². The topological polar surface area (TPSA) is 82.8 Å². The third-order valence-corrected chi connectivity index (χ3v) is 3.45.